The molecule has 1 fully saturated rings. The van der Waals surface area contributed by atoms with Crippen molar-refractivity contribution in [1.82, 2.24) is 5.32 Å². The predicted molar refractivity (Wildman–Crippen MR) is 72.3 cm³/mol. The summed E-state index contributed by atoms with van der Waals surface area (Å²) in [4.78, 5) is 22.6. The van der Waals surface area contributed by atoms with Crippen LogP contribution in [0.5, 0.6) is 5.75 Å². The zero-order valence-electron chi connectivity index (χ0n) is 11.1. The molecule has 1 aliphatic carbocycles. The fourth-order valence-corrected chi connectivity index (χ4v) is 2.31. The molecule has 0 heterocycles. The molecule has 1 aromatic rings. The molecule has 1 saturated carbocycles. The Hall–Kier alpha value is -1.84. The van der Waals surface area contributed by atoms with Crippen LogP contribution >= 0.6 is 0 Å². The van der Waals surface area contributed by atoms with E-state index in [9.17, 15) is 9.59 Å². The number of rotatable bonds is 5. The molecule has 1 aromatic carbocycles. The maximum atomic E-state index is 12.0. The van der Waals surface area contributed by atoms with E-state index in [0.29, 0.717) is 17.4 Å². The van der Waals surface area contributed by atoms with Gasteiger partial charge in [0.25, 0.3) is 5.91 Å². The summed E-state index contributed by atoms with van der Waals surface area (Å²) in [6, 6.07) is 7.10. The molecule has 0 aromatic heterocycles. The van der Waals surface area contributed by atoms with Crippen LogP contribution in [0.4, 0.5) is 0 Å². The second-order valence-corrected chi connectivity index (χ2v) is 4.94. The lowest BCUT2D eigenvalue weighted by Crippen LogP contribution is -2.41. The summed E-state index contributed by atoms with van der Waals surface area (Å²) in [5.74, 6) is 0.446. The molecule has 2 rings (SSSR count). The van der Waals surface area contributed by atoms with Crippen LogP contribution in [0.15, 0.2) is 24.3 Å². The third kappa shape index (κ3) is 3.81. The van der Waals surface area contributed by atoms with Crippen molar-refractivity contribution in [2.75, 3.05) is 0 Å². The third-order valence-corrected chi connectivity index (χ3v) is 3.38. The van der Waals surface area contributed by atoms with E-state index in [-0.39, 0.29) is 5.91 Å². The molecule has 102 valence electrons. The second-order valence-electron chi connectivity index (χ2n) is 4.94. The first-order valence-corrected chi connectivity index (χ1v) is 6.71. The maximum absolute atomic E-state index is 12.0. The topological polar surface area (TPSA) is 55.4 Å². The van der Waals surface area contributed by atoms with E-state index in [2.05, 4.69) is 5.32 Å². The van der Waals surface area contributed by atoms with E-state index in [0.717, 1.165) is 19.1 Å². The van der Waals surface area contributed by atoms with Crippen molar-refractivity contribution in [1.29, 1.82) is 0 Å². The van der Waals surface area contributed by atoms with Crippen LogP contribution in [-0.2, 0) is 4.79 Å². The van der Waals surface area contributed by atoms with Crippen molar-refractivity contribution in [3.63, 3.8) is 0 Å². The van der Waals surface area contributed by atoms with Crippen LogP contribution in [0.3, 0.4) is 0 Å². The average Bonchev–Trinajstić information content (AvgIpc) is 2.91. The summed E-state index contributed by atoms with van der Waals surface area (Å²) in [5.41, 5.74) is 0.543. The minimum atomic E-state index is -0.553. The number of hydrogen-bond acceptors (Lipinski definition) is 3. The highest BCUT2D eigenvalue weighted by atomic mass is 16.5. The summed E-state index contributed by atoms with van der Waals surface area (Å²) >= 11 is 0. The van der Waals surface area contributed by atoms with Crippen LogP contribution in [0, 0.1) is 0 Å². The van der Waals surface area contributed by atoms with Crippen LogP contribution in [0.25, 0.3) is 0 Å². The van der Waals surface area contributed by atoms with E-state index in [1.54, 1.807) is 31.2 Å². The number of aldehydes is 1. The molecule has 0 spiro atoms. The number of carbonyl (C=O) groups is 2. The number of nitrogens with one attached hydrogen (secondary N) is 1. The van der Waals surface area contributed by atoms with E-state index in [1.807, 2.05) is 0 Å². The number of carbonyl (C=O) groups excluding carboxylic acids is 2. The first-order chi connectivity index (χ1) is 9.19. The normalized spacial score (nSPS) is 16.9. The molecule has 1 aliphatic rings. The van der Waals surface area contributed by atoms with Crippen molar-refractivity contribution < 1.29 is 14.3 Å². The highest BCUT2D eigenvalue weighted by molar-refractivity contribution is 5.81. The smallest absolute Gasteiger partial charge is 0.260 e. The summed E-state index contributed by atoms with van der Waals surface area (Å²) in [7, 11) is 0. The van der Waals surface area contributed by atoms with Gasteiger partial charge in [0.2, 0.25) is 0 Å². The van der Waals surface area contributed by atoms with Gasteiger partial charge in [0, 0.05) is 11.6 Å². The van der Waals surface area contributed by atoms with Gasteiger partial charge in [-0.25, -0.2) is 0 Å². The van der Waals surface area contributed by atoms with Crippen molar-refractivity contribution in [3.05, 3.63) is 29.8 Å². The second kappa shape index (κ2) is 6.36. The Labute approximate surface area is 113 Å². The van der Waals surface area contributed by atoms with Crippen molar-refractivity contribution >= 4 is 12.2 Å². The Kier molecular flexibility index (Phi) is 4.55. The van der Waals surface area contributed by atoms with Crippen molar-refractivity contribution in [2.45, 2.75) is 44.8 Å². The lowest BCUT2D eigenvalue weighted by atomic mass is 10.2. The average molecular weight is 261 g/mol. The van der Waals surface area contributed by atoms with Gasteiger partial charge < -0.3 is 10.1 Å². The molecule has 0 aliphatic heterocycles. The Bertz CT molecular complexity index is 452. The first kappa shape index (κ1) is 13.6. The molecule has 1 atom stereocenters. The summed E-state index contributed by atoms with van der Waals surface area (Å²) in [6.45, 7) is 1.72. The Morgan fingerprint density at radius 3 is 2.84 bits per heavy atom. The van der Waals surface area contributed by atoms with Gasteiger partial charge in [-0.1, -0.05) is 25.0 Å². The fraction of sp³-hybridized carbons (Fsp3) is 0.467. The lowest BCUT2D eigenvalue weighted by Gasteiger charge is -2.18. The maximum Gasteiger partial charge on any atom is 0.260 e. The summed E-state index contributed by atoms with van der Waals surface area (Å²) < 4.78 is 5.56. The van der Waals surface area contributed by atoms with Gasteiger partial charge in [-0.3, -0.25) is 9.59 Å². The zero-order valence-corrected chi connectivity index (χ0v) is 11.1. The third-order valence-electron chi connectivity index (χ3n) is 3.38. The van der Waals surface area contributed by atoms with E-state index in [4.69, 9.17) is 4.74 Å². The van der Waals surface area contributed by atoms with Crippen molar-refractivity contribution in [3.8, 4) is 5.75 Å². The molecular formula is C15H19NO3. The molecule has 0 radical (unpaired) electrons. The predicted octanol–water partition coefficient (Wildman–Crippen LogP) is 2.33. The number of amides is 1. The molecule has 0 saturated heterocycles. The summed E-state index contributed by atoms with van der Waals surface area (Å²) in [5, 5.41) is 2.99. The Morgan fingerprint density at radius 2 is 2.16 bits per heavy atom. The van der Waals surface area contributed by atoms with Gasteiger partial charge in [0.1, 0.15) is 12.0 Å². The Morgan fingerprint density at radius 1 is 1.42 bits per heavy atom. The minimum absolute atomic E-state index is 0.0941. The van der Waals surface area contributed by atoms with Gasteiger partial charge in [0.15, 0.2) is 6.10 Å². The van der Waals surface area contributed by atoms with E-state index >= 15 is 0 Å². The van der Waals surface area contributed by atoms with Crippen LogP contribution in [0.2, 0.25) is 0 Å². The van der Waals surface area contributed by atoms with Gasteiger partial charge in [-0.2, -0.15) is 0 Å². The first-order valence-electron chi connectivity index (χ1n) is 6.71. The van der Waals surface area contributed by atoms with E-state index in [1.165, 1.54) is 12.8 Å². The highest BCUT2D eigenvalue weighted by Crippen LogP contribution is 2.18. The SMILES string of the molecule is CC(Oc1cccc(C=O)c1)C(=O)NC1CCCC1. The number of benzene rings is 1. The molecular weight excluding hydrogens is 242 g/mol. The monoisotopic (exact) mass is 261 g/mol. The number of ether oxygens (including phenoxy) is 1. The van der Waals surface area contributed by atoms with Crippen molar-refractivity contribution in [2.24, 2.45) is 0 Å². The molecule has 19 heavy (non-hydrogen) atoms. The van der Waals surface area contributed by atoms with Crippen LogP contribution in [-0.4, -0.2) is 24.3 Å². The van der Waals surface area contributed by atoms with Gasteiger partial charge >= 0.3 is 0 Å². The number of hydrogen-bond donors (Lipinski definition) is 1. The largest absolute Gasteiger partial charge is 0.481 e. The minimum Gasteiger partial charge on any atom is -0.481 e. The standard InChI is InChI=1S/C15H19NO3/c1-11(15(18)16-13-6-2-3-7-13)19-14-8-4-5-12(9-14)10-17/h4-5,8-11,13H,2-3,6-7H2,1H3,(H,16,18). The quantitative estimate of drug-likeness (QED) is 0.828. The lowest BCUT2D eigenvalue weighted by molar-refractivity contribution is -0.127. The molecule has 4 nitrogen and oxygen atoms in total. The van der Waals surface area contributed by atoms with Gasteiger partial charge in [-0.05, 0) is 31.9 Å². The van der Waals surface area contributed by atoms with Gasteiger partial charge in [0.05, 0.1) is 0 Å². The Balaban J connectivity index is 1.89. The fourth-order valence-electron chi connectivity index (χ4n) is 2.31. The molecule has 1 amide bonds. The summed E-state index contributed by atoms with van der Waals surface area (Å²) in [6.07, 6.45) is 4.68. The van der Waals surface area contributed by atoms with Crippen LogP contribution < -0.4 is 10.1 Å². The molecule has 0 bridgehead atoms. The van der Waals surface area contributed by atoms with Crippen LogP contribution in [0.1, 0.15) is 43.0 Å². The molecule has 4 heteroatoms. The molecule has 1 unspecified atom stereocenters. The van der Waals surface area contributed by atoms with E-state index < -0.39 is 6.10 Å². The van der Waals surface area contributed by atoms with Gasteiger partial charge in [-0.15, -0.1) is 0 Å². The molecule has 1 N–H and O–H groups in total. The highest BCUT2D eigenvalue weighted by Gasteiger charge is 2.21. The zero-order chi connectivity index (χ0) is 13.7.